The Bertz CT molecular complexity index is 645. The van der Waals surface area contributed by atoms with E-state index in [0.717, 1.165) is 42.4 Å². The Balaban J connectivity index is 1.43. The van der Waals surface area contributed by atoms with E-state index in [1.807, 2.05) is 0 Å². The summed E-state index contributed by atoms with van der Waals surface area (Å²) in [6.07, 6.45) is 20.4. The summed E-state index contributed by atoms with van der Waals surface area (Å²) in [4.78, 5) is 0. The summed E-state index contributed by atoms with van der Waals surface area (Å²) < 4.78 is 0. The fraction of sp³-hybridized carbons (Fsp3) is 0.857. The lowest BCUT2D eigenvalue weighted by atomic mass is 9.47. The van der Waals surface area contributed by atoms with Crippen molar-refractivity contribution in [1.29, 1.82) is 0 Å². The van der Waals surface area contributed by atoms with Crippen molar-refractivity contribution in [3.05, 3.63) is 23.8 Å². The average Bonchev–Trinajstić information content (AvgIpc) is 3.02. The molecule has 0 aromatic carbocycles. The van der Waals surface area contributed by atoms with Crippen LogP contribution in [0.3, 0.4) is 0 Å². The molecule has 0 aromatic rings. The van der Waals surface area contributed by atoms with E-state index in [0.29, 0.717) is 16.7 Å². The molecule has 3 fully saturated rings. The lowest BCUT2D eigenvalue weighted by molar-refractivity contribution is -0.0505. The molecule has 0 aliphatic heterocycles. The maximum absolute atomic E-state index is 10.2. The molecule has 0 aromatic heterocycles. The van der Waals surface area contributed by atoms with Crippen LogP contribution < -0.4 is 0 Å². The Morgan fingerprint density at radius 1 is 1.07 bits per heavy atom. The van der Waals surface area contributed by atoms with Gasteiger partial charge in [-0.2, -0.15) is 0 Å². The molecule has 4 aliphatic rings. The summed E-state index contributed by atoms with van der Waals surface area (Å²) in [6, 6.07) is 0. The Morgan fingerprint density at radius 3 is 2.62 bits per heavy atom. The minimum atomic E-state index is -0.0814. The molecule has 1 nitrogen and oxygen atoms in total. The molecule has 164 valence electrons. The van der Waals surface area contributed by atoms with E-state index in [1.165, 1.54) is 51.4 Å². The van der Waals surface area contributed by atoms with Gasteiger partial charge in [-0.3, -0.25) is 0 Å². The third-order valence-electron chi connectivity index (χ3n) is 10.4. The Morgan fingerprint density at radius 2 is 1.86 bits per heavy atom. The smallest absolute Gasteiger partial charge is 0.0577 e. The minimum Gasteiger partial charge on any atom is -0.393 e. The Hall–Kier alpha value is -0.560. The highest BCUT2D eigenvalue weighted by atomic mass is 16.3. The molecule has 8 atom stereocenters. The highest BCUT2D eigenvalue weighted by molar-refractivity contribution is 5.25. The summed E-state index contributed by atoms with van der Waals surface area (Å²) in [5, 5.41) is 10.2. The van der Waals surface area contributed by atoms with Crippen molar-refractivity contribution < 1.29 is 5.11 Å². The van der Waals surface area contributed by atoms with Crippen LogP contribution in [0.25, 0.3) is 0 Å². The first-order chi connectivity index (χ1) is 13.8. The summed E-state index contributed by atoms with van der Waals surface area (Å²) in [6.45, 7) is 12.2. The molecule has 4 aliphatic carbocycles. The second kappa shape index (κ2) is 8.18. The number of aliphatic hydroxyl groups is 1. The molecule has 4 rings (SSSR count). The van der Waals surface area contributed by atoms with E-state index in [9.17, 15) is 5.11 Å². The third-order valence-corrected chi connectivity index (χ3v) is 10.4. The Kier molecular flexibility index (Phi) is 6.11. The van der Waals surface area contributed by atoms with Gasteiger partial charge in [0.1, 0.15) is 0 Å². The summed E-state index contributed by atoms with van der Waals surface area (Å²) >= 11 is 0. The van der Waals surface area contributed by atoms with Crippen molar-refractivity contribution in [3.63, 3.8) is 0 Å². The fourth-order valence-electron chi connectivity index (χ4n) is 8.06. The maximum atomic E-state index is 10.2. The number of fused-ring (bicyclic) bond motifs is 5. The van der Waals surface area contributed by atoms with Gasteiger partial charge in [0.2, 0.25) is 0 Å². The molecule has 1 N–H and O–H groups in total. The van der Waals surface area contributed by atoms with Crippen LogP contribution in [0.2, 0.25) is 0 Å². The van der Waals surface area contributed by atoms with Gasteiger partial charge in [-0.05, 0) is 111 Å². The monoisotopic (exact) mass is 398 g/mol. The van der Waals surface area contributed by atoms with Gasteiger partial charge in [0.25, 0.3) is 0 Å². The van der Waals surface area contributed by atoms with Crippen molar-refractivity contribution in [2.75, 3.05) is 0 Å². The SMILES string of the molecule is CC(C)C(C)/C=C/CC[C@H]1CC[C@H]2[C@@H]3CC=C4C[C@@H](O)CC[C@]4(C)[C@H]3CC[C@]12C. The fourth-order valence-corrected chi connectivity index (χ4v) is 8.06. The number of aliphatic hydroxyl groups excluding tert-OH is 1. The molecule has 0 saturated heterocycles. The van der Waals surface area contributed by atoms with E-state index < -0.39 is 0 Å². The van der Waals surface area contributed by atoms with Crippen LogP contribution in [0.5, 0.6) is 0 Å². The zero-order valence-electron chi connectivity index (χ0n) is 19.8. The topological polar surface area (TPSA) is 20.2 Å². The molecule has 0 heterocycles. The molecule has 0 spiro atoms. The van der Waals surface area contributed by atoms with E-state index in [-0.39, 0.29) is 6.10 Å². The van der Waals surface area contributed by atoms with Crippen LogP contribution in [0.15, 0.2) is 23.8 Å². The quantitative estimate of drug-likeness (QED) is 0.474. The number of hydrogen-bond acceptors (Lipinski definition) is 1. The molecule has 0 radical (unpaired) electrons. The second-order valence-corrected chi connectivity index (χ2v) is 12.1. The molecular weight excluding hydrogens is 352 g/mol. The highest BCUT2D eigenvalue weighted by Gasteiger charge is 2.58. The van der Waals surface area contributed by atoms with Gasteiger partial charge in [-0.15, -0.1) is 0 Å². The first-order valence-electron chi connectivity index (χ1n) is 12.8. The predicted molar refractivity (Wildman–Crippen MR) is 124 cm³/mol. The van der Waals surface area contributed by atoms with E-state index in [1.54, 1.807) is 5.57 Å². The van der Waals surface area contributed by atoms with Crippen LogP contribution in [0.1, 0.15) is 98.8 Å². The number of hydrogen-bond donors (Lipinski definition) is 1. The third kappa shape index (κ3) is 3.79. The van der Waals surface area contributed by atoms with Crippen LogP contribution in [-0.2, 0) is 0 Å². The molecule has 0 amide bonds. The summed E-state index contributed by atoms with van der Waals surface area (Å²) in [5.74, 6) is 5.10. The van der Waals surface area contributed by atoms with Gasteiger partial charge < -0.3 is 5.11 Å². The predicted octanol–water partition coefficient (Wildman–Crippen LogP) is 7.55. The molecule has 1 heteroatoms. The lowest BCUT2D eigenvalue weighted by Gasteiger charge is -2.58. The van der Waals surface area contributed by atoms with Crippen molar-refractivity contribution >= 4 is 0 Å². The Labute approximate surface area is 180 Å². The summed E-state index contributed by atoms with van der Waals surface area (Å²) in [5.41, 5.74) is 2.58. The van der Waals surface area contributed by atoms with Crippen molar-refractivity contribution in [2.24, 2.45) is 46.3 Å². The zero-order valence-corrected chi connectivity index (χ0v) is 19.8. The molecule has 3 saturated carbocycles. The second-order valence-electron chi connectivity index (χ2n) is 12.1. The van der Waals surface area contributed by atoms with Gasteiger partial charge >= 0.3 is 0 Å². The standard InChI is InChI=1S/C28H46O/c1-19(2)20(3)8-6-7-9-21-11-13-25-24-12-10-22-18-23(29)14-16-28(22,5)26(24)15-17-27(21,25)4/h6,8,10,19-21,23-26,29H,7,9,11-18H2,1-5H3/b8-6+/t20?,21-,23-,24-,25-,26-,27+,28-/m0/s1. The van der Waals surface area contributed by atoms with Gasteiger partial charge in [-0.1, -0.05) is 58.4 Å². The largest absolute Gasteiger partial charge is 0.393 e. The maximum Gasteiger partial charge on any atom is 0.0577 e. The summed E-state index contributed by atoms with van der Waals surface area (Å²) in [7, 11) is 0. The van der Waals surface area contributed by atoms with E-state index in [2.05, 4.69) is 52.8 Å². The highest BCUT2D eigenvalue weighted by Crippen LogP contribution is 2.66. The van der Waals surface area contributed by atoms with Crippen LogP contribution in [-0.4, -0.2) is 11.2 Å². The van der Waals surface area contributed by atoms with Gasteiger partial charge in [0, 0.05) is 0 Å². The van der Waals surface area contributed by atoms with E-state index >= 15 is 0 Å². The van der Waals surface area contributed by atoms with E-state index in [4.69, 9.17) is 0 Å². The first-order valence-corrected chi connectivity index (χ1v) is 12.8. The van der Waals surface area contributed by atoms with Crippen LogP contribution in [0, 0.1) is 46.3 Å². The molecule has 29 heavy (non-hydrogen) atoms. The van der Waals surface area contributed by atoms with Crippen molar-refractivity contribution in [1.82, 2.24) is 0 Å². The molecule has 0 bridgehead atoms. The van der Waals surface area contributed by atoms with Crippen LogP contribution in [0.4, 0.5) is 0 Å². The minimum absolute atomic E-state index is 0.0814. The normalized spacial score (nSPS) is 45.6. The van der Waals surface area contributed by atoms with Gasteiger partial charge in [0.15, 0.2) is 0 Å². The van der Waals surface area contributed by atoms with Gasteiger partial charge in [-0.25, -0.2) is 0 Å². The zero-order chi connectivity index (χ0) is 20.8. The molecular formula is C28H46O. The molecule has 1 unspecified atom stereocenters. The average molecular weight is 399 g/mol. The van der Waals surface area contributed by atoms with Crippen molar-refractivity contribution in [3.8, 4) is 0 Å². The van der Waals surface area contributed by atoms with Crippen molar-refractivity contribution in [2.45, 2.75) is 105 Å². The number of rotatable bonds is 5. The van der Waals surface area contributed by atoms with Gasteiger partial charge in [0.05, 0.1) is 6.10 Å². The first kappa shape index (κ1) is 21.7. The lowest BCUT2D eigenvalue weighted by Crippen LogP contribution is -2.50. The number of allylic oxidation sites excluding steroid dienone is 3. The van der Waals surface area contributed by atoms with Crippen LogP contribution >= 0.6 is 0 Å².